The first-order valence-corrected chi connectivity index (χ1v) is 13.4. The van der Waals surface area contributed by atoms with Crippen molar-refractivity contribution in [1.29, 1.82) is 0 Å². The van der Waals surface area contributed by atoms with Crippen molar-refractivity contribution in [3.63, 3.8) is 0 Å². The van der Waals surface area contributed by atoms with E-state index in [0.29, 0.717) is 42.4 Å². The molecule has 1 aromatic rings. The standard InChI is InChI=1S/C28H37N3O4/c1-18-6-9-24(26(32)29-18)31-17-19-14-21(7-8-22(19)27(31)33)35-25-5-3-2-4-23(25)30-20-15-28(16-20)10-12-34-13-11-28/h7-8,14,20,23-25,30H,1-6,9-13,15-17H2,(H,29,32). The lowest BCUT2D eigenvalue weighted by Gasteiger charge is -2.52. The van der Waals surface area contributed by atoms with Crippen molar-refractivity contribution in [3.8, 4) is 5.75 Å². The van der Waals surface area contributed by atoms with Gasteiger partial charge in [0.15, 0.2) is 0 Å². The molecule has 3 unspecified atom stereocenters. The highest BCUT2D eigenvalue weighted by Crippen LogP contribution is 2.49. The molecule has 35 heavy (non-hydrogen) atoms. The van der Waals surface area contributed by atoms with Crippen LogP contribution in [-0.2, 0) is 16.1 Å². The van der Waals surface area contributed by atoms with E-state index in [2.05, 4.69) is 17.2 Å². The normalized spacial score (nSPS) is 30.7. The van der Waals surface area contributed by atoms with E-state index in [9.17, 15) is 9.59 Å². The molecule has 1 spiro atoms. The number of carbonyl (C=O) groups excluding carboxylic acids is 2. The number of nitrogens with one attached hydrogen (secondary N) is 2. The molecule has 7 heteroatoms. The number of rotatable bonds is 5. The molecule has 2 N–H and O–H groups in total. The van der Waals surface area contributed by atoms with Crippen LogP contribution in [-0.4, -0.2) is 54.2 Å². The highest BCUT2D eigenvalue weighted by molar-refractivity contribution is 6.01. The molecule has 2 amide bonds. The minimum Gasteiger partial charge on any atom is -0.489 e. The van der Waals surface area contributed by atoms with Crippen molar-refractivity contribution in [2.75, 3.05) is 13.2 Å². The van der Waals surface area contributed by atoms with Gasteiger partial charge >= 0.3 is 0 Å². The maximum atomic E-state index is 13.0. The van der Waals surface area contributed by atoms with Gasteiger partial charge in [-0.1, -0.05) is 13.0 Å². The van der Waals surface area contributed by atoms with Crippen LogP contribution >= 0.6 is 0 Å². The molecule has 0 radical (unpaired) electrons. The second kappa shape index (κ2) is 9.25. The van der Waals surface area contributed by atoms with E-state index in [1.54, 1.807) is 4.90 Å². The number of amides is 2. The Morgan fingerprint density at radius 1 is 1.11 bits per heavy atom. The zero-order valence-corrected chi connectivity index (χ0v) is 20.5. The van der Waals surface area contributed by atoms with E-state index in [1.165, 1.54) is 38.5 Å². The topological polar surface area (TPSA) is 79.9 Å². The van der Waals surface area contributed by atoms with Gasteiger partial charge in [-0.2, -0.15) is 0 Å². The Morgan fingerprint density at radius 2 is 1.91 bits per heavy atom. The fourth-order valence-electron chi connectivity index (χ4n) is 6.93. The summed E-state index contributed by atoms with van der Waals surface area (Å²) in [5, 5.41) is 6.74. The molecule has 3 atom stereocenters. The third-order valence-electron chi connectivity index (χ3n) is 8.96. The van der Waals surface area contributed by atoms with Crippen LogP contribution in [0.3, 0.4) is 0 Å². The van der Waals surface area contributed by atoms with Crippen molar-refractivity contribution < 1.29 is 19.1 Å². The molecule has 3 heterocycles. The summed E-state index contributed by atoms with van der Waals surface area (Å²) >= 11 is 0. The lowest BCUT2D eigenvalue weighted by Crippen LogP contribution is -2.57. The Bertz CT molecular complexity index is 1010. The number of benzene rings is 1. The maximum absolute atomic E-state index is 13.0. The van der Waals surface area contributed by atoms with E-state index >= 15 is 0 Å². The fourth-order valence-corrected chi connectivity index (χ4v) is 6.93. The van der Waals surface area contributed by atoms with Crippen LogP contribution in [0.2, 0.25) is 0 Å². The number of hydrogen-bond donors (Lipinski definition) is 2. The number of ether oxygens (including phenoxy) is 2. The van der Waals surface area contributed by atoms with E-state index in [4.69, 9.17) is 9.47 Å². The summed E-state index contributed by atoms with van der Waals surface area (Å²) in [7, 11) is 0. The molecule has 3 aliphatic heterocycles. The van der Waals surface area contributed by atoms with Gasteiger partial charge in [-0.15, -0.1) is 0 Å². The van der Waals surface area contributed by atoms with Crippen molar-refractivity contribution in [1.82, 2.24) is 15.5 Å². The van der Waals surface area contributed by atoms with E-state index in [-0.39, 0.29) is 17.9 Å². The van der Waals surface area contributed by atoms with Crippen LogP contribution in [0.5, 0.6) is 5.75 Å². The Balaban J connectivity index is 1.09. The molecule has 6 rings (SSSR count). The molecule has 1 aromatic carbocycles. The molecule has 4 fully saturated rings. The number of piperidine rings is 1. The average Bonchev–Trinajstić information content (AvgIpc) is 3.15. The molecule has 0 aromatic heterocycles. The lowest BCUT2D eigenvalue weighted by atomic mass is 9.61. The predicted molar refractivity (Wildman–Crippen MR) is 132 cm³/mol. The van der Waals surface area contributed by atoms with Crippen molar-refractivity contribution in [2.45, 2.75) is 95.0 Å². The first-order chi connectivity index (χ1) is 17.0. The molecule has 0 bridgehead atoms. The van der Waals surface area contributed by atoms with Gasteiger partial charge in [0.1, 0.15) is 17.9 Å². The van der Waals surface area contributed by atoms with Gasteiger partial charge in [0.05, 0.1) is 0 Å². The Kier molecular flexibility index (Phi) is 6.09. The molecule has 7 nitrogen and oxygen atoms in total. The minimum atomic E-state index is -0.432. The largest absolute Gasteiger partial charge is 0.489 e. The molecule has 2 saturated carbocycles. The SMILES string of the molecule is C=C1CCC(N2Cc3cc(OC4CCCCC4NC4CC5(CCOCC5)C4)ccc3C2=O)C(=O)N1. The summed E-state index contributed by atoms with van der Waals surface area (Å²) in [4.78, 5) is 27.2. The average molecular weight is 480 g/mol. The van der Waals surface area contributed by atoms with Crippen molar-refractivity contribution in [3.05, 3.63) is 41.6 Å². The van der Waals surface area contributed by atoms with Crippen LogP contribution < -0.4 is 15.4 Å². The van der Waals surface area contributed by atoms with Gasteiger partial charge in [0, 0.05) is 43.1 Å². The van der Waals surface area contributed by atoms with Crippen molar-refractivity contribution >= 4 is 11.8 Å². The Morgan fingerprint density at radius 3 is 2.71 bits per heavy atom. The van der Waals surface area contributed by atoms with Gasteiger partial charge in [-0.05, 0) is 87.0 Å². The highest BCUT2D eigenvalue weighted by atomic mass is 16.5. The zero-order chi connectivity index (χ0) is 24.0. The number of carbonyl (C=O) groups is 2. The molecular weight excluding hydrogens is 442 g/mol. The Hall–Kier alpha value is -2.38. The third-order valence-corrected chi connectivity index (χ3v) is 8.96. The summed E-state index contributed by atoms with van der Waals surface area (Å²) in [6.07, 6.45) is 11.0. The maximum Gasteiger partial charge on any atom is 0.255 e. The van der Waals surface area contributed by atoms with Crippen LogP contribution in [0.15, 0.2) is 30.5 Å². The zero-order valence-electron chi connectivity index (χ0n) is 20.5. The smallest absolute Gasteiger partial charge is 0.255 e. The molecule has 5 aliphatic rings. The van der Waals surface area contributed by atoms with Crippen LogP contribution in [0, 0.1) is 5.41 Å². The van der Waals surface area contributed by atoms with Crippen LogP contribution in [0.1, 0.15) is 80.1 Å². The number of nitrogens with zero attached hydrogens (tertiary/aromatic N) is 1. The molecular formula is C28H37N3O4. The van der Waals surface area contributed by atoms with Crippen molar-refractivity contribution in [2.24, 2.45) is 5.41 Å². The van der Waals surface area contributed by atoms with E-state index < -0.39 is 6.04 Å². The fraction of sp³-hybridized carbons (Fsp3) is 0.643. The molecule has 188 valence electrons. The monoisotopic (exact) mass is 479 g/mol. The molecule has 2 saturated heterocycles. The number of hydrogen-bond acceptors (Lipinski definition) is 5. The second-order valence-electron chi connectivity index (χ2n) is 11.3. The van der Waals surface area contributed by atoms with Gasteiger partial charge in [0.25, 0.3) is 5.91 Å². The van der Waals surface area contributed by atoms with Gasteiger partial charge in [0.2, 0.25) is 5.91 Å². The summed E-state index contributed by atoms with van der Waals surface area (Å²) in [5.41, 5.74) is 2.88. The van der Waals surface area contributed by atoms with Crippen LogP contribution in [0.25, 0.3) is 0 Å². The summed E-state index contributed by atoms with van der Waals surface area (Å²) in [5.74, 6) is 0.630. The predicted octanol–water partition coefficient (Wildman–Crippen LogP) is 3.67. The van der Waals surface area contributed by atoms with E-state index in [0.717, 1.165) is 43.1 Å². The lowest BCUT2D eigenvalue weighted by molar-refractivity contribution is -0.126. The first kappa shape index (κ1) is 23.0. The summed E-state index contributed by atoms with van der Waals surface area (Å²) < 4.78 is 12.1. The van der Waals surface area contributed by atoms with Gasteiger partial charge in [-0.25, -0.2) is 0 Å². The number of fused-ring (bicyclic) bond motifs is 1. The molecule has 2 aliphatic carbocycles. The minimum absolute atomic E-state index is 0.0663. The van der Waals surface area contributed by atoms with Gasteiger partial charge < -0.3 is 25.0 Å². The highest BCUT2D eigenvalue weighted by Gasteiger charge is 2.46. The summed E-state index contributed by atoms with van der Waals surface area (Å²) in [6, 6.07) is 6.34. The number of allylic oxidation sites excluding steroid dienone is 1. The summed E-state index contributed by atoms with van der Waals surface area (Å²) in [6.45, 7) is 6.13. The Labute approximate surface area is 207 Å². The van der Waals surface area contributed by atoms with Crippen LogP contribution in [0.4, 0.5) is 0 Å². The van der Waals surface area contributed by atoms with E-state index in [1.807, 2.05) is 18.2 Å². The second-order valence-corrected chi connectivity index (χ2v) is 11.3. The third kappa shape index (κ3) is 4.49. The van der Waals surface area contributed by atoms with Gasteiger partial charge in [-0.3, -0.25) is 9.59 Å². The quantitative estimate of drug-likeness (QED) is 0.674. The first-order valence-electron chi connectivity index (χ1n) is 13.4.